The van der Waals surface area contributed by atoms with Gasteiger partial charge in [0.1, 0.15) is 5.56 Å². The first-order valence-corrected chi connectivity index (χ1v) is 14.9. The van der Waals surface area contributed by atoms with E-state index in [9.17, 15) is 19.2 Å². The van der Waals surface area contributed by atoms with Crippen LogP contribution in [0.5, 0.6) is 5.88 Å². The minimum absolute atomic E-state index is 0.145. The van der Waals surface area contributed by atoms with Gasteiger partial charge in [0, 0.05) is 68.8 Å². The highest BCUT2D eigenvalue weighted by atomic mass is 35.5. The van der Waals surface area contributed by atoms with E-state index in [4.69, 9.17) is 21.3 Å². The average molecular weight is 629 g/mol. The molecule has 45 heavy (non-hydrogen) atoms. The lowest BCUT2D eigenvalue weighted by Crippen LogP contribution is -2.59. The molecule has 2 aromatic carbocycles. The number of anilines is 1. The van der Waals surface area contributed by atoms with Crippen LogP contribution in [0.2, 0.25) is 5.02 Å². The molecule has 2 fully saturated rings. The Hall–Kier alpha value is -4.74. The number of rotatable bonds is 7. The minimum atomic E-state index is -0.677. The number of ether oxygens (including phenoxy) is 1. The smallest absolute Gasteiger partial charge is 0.330 e. The Morgan fingerprint density at radius 3 is 2.47 bits per heavy atom. The quantitative estimate of drug-likeness (QED) is 0.321. The molecule has 0 unspecified atom stereocenters. The Morgan fingerprint density at radius 1 is 1.04 bits per heavy atom. The largest absolute Gasteiger partial charge is 0.481 e. The molecule has 12 heteroatoms. The molecule has 2 aliphatic heterocycles. The first-order valence-electron chi connectivity index (χ1n) is 14.5. The summed E-state index contributed by atoms with van der Waals surface area (Å²) < 4.78 is 7.75. The Bertz CT molecular complexity index is 1980. The summed E-state index contributed by atoms with van der Waals surface area (Å²) in [5, 5.41) is 6.24. The van der Waals surface area contributed by atoms with Crippen molar-refractivity contribution in [2.24, 2.45) is 19.5 Å². The zero-order valence-electron chi connectivity index (χ0n) is 25.4. The van der Waals surface area contributed by atoms with E-state index in [1.54, 1.807) is 19.2 Å². The molecular formula is C33H33ClN6O5. The summed E-state index contributed by atoms with van der Waals surface area (Å²) in [6, 6.07) is 15.0. The number of pyridine rings is 1. The highest BCUT2D eigenvalue weighted by Gasteiger charge is 2.51. The number of likely N-dealkylation sites (tertiary alicyclic amines) is 1. The summed E-state index contributed by atoms with van der Waals surface area (Å²) >= 11 is 7.02. The van der Waals surface area contributed by atoms with Crippen molar-refractivity contribution in [2.45, 2.75) is 19.9 Å². The Morgan fingerprint density at radius 2 is 1.76 bits per heavy atom. The molecule has 2 amide bonds. The maximum Gasteiger partial charge on any atom is 0.330 e. The van der Waals surface area contributed by atoms with Crippen molar-refractivity contribution in [2.75, 3.05) is 32.1 Å². The van der Waals surface area contributed by atoms with Gasteiger partial charge >= 0.3 is 5.69 Å². The van der Waals surface area contributed by atoms with Gasteiger partial charge in [-0.2, -0.15) is 0 Å². The van der Waals surface area contributed by atoms with E-state index in [-0.39, 0.29) is 16.9 Å². The van der Waals surface area contributed by atoms with E-state index in [0.29, 0.717) is 34.4 Å². The summed E-state index contributed by atoms with van der Waals surface area (Å²) in [4.78, 5) is 57.0. The second kappa shape index (κ2) is 11.6. The lowest BCUT2D eigenvalue weighted by atomic mass is 9.78. The van der Waals surface area contributed by atoms with Crippen LogP contribution in [0.15, 0.2) is 64.3 Å². The fourth-order valence-corrected chi connectivity index (χ4v) is 6.58. The van der Waals surface area contributed by atoms with Crippen molar-refractivity contribution in [3.63, 3.8) is 0 Å². The molecule has 6 rings (SSSR count). The Kier molecular flexibility index (Phi) is 7.84. The van der Waals surface area contributed by atoms with Gasteiger partial charge in [-0.15, -0.1) is 0 Å². The van der Waals surface area contributed by atoms with E-state index < -0.39 is 17.2 Å². The molecule has 2 saturated heterocycles. The van der Waals surface area contributed by atoms with Crippen LogP contribution in [0.3, 0.4) is 0 Å². The number of amides is 2. The van der Waals surface area contributed by atoms with Crippen molar-refractivity contribution in [1.82, 2.24) is 24.3 Å². The highest BCUT2D eigenvalue weighted by Crippen LogP contribution is 2.41. The third kappa shape index (κ3) is 5.32. The number of nitrogens with zero attached hydrogens (tertiary/aromatic N) is 4. The van der Waals surface area contributed by atoms with Crippen LogP contribution in [-0.2, 0) is 25.4 Å². The molecule has 232 valence electrons. The minimum Gasteiger partial charge on any atom is -0.481 e. The highest BCUT2D eigenvalue weighted by molar-refractivity contribution is 6.36. The standard InChI is InChI=1S/C33H33ClN6O5/c1-19-21(7-6-10-25(19)36-28(41)24-16-38(2)32(44)39(3)30(24)42)22-8-5-9-23(27(22)34)26-12-11-20(29(37-26)45-4)15-40-17-33(18-40)13-14-35-31(33)43/h5-12,16H,13-15,17-18H2,1-4H3,(H,35,43)(H,36,41). The number of hydrogen-bond acceptors (Lipinski definition) is 7. The number of methoxy groups -OCH3 is 1. The van der Waals surface area contributed by atoms with Crippen LogP contribution in [0.1, 0.15) is 27.9 Å². The van der Waals surface area contributed by atoms with E-state index in [1.807, 2.05) is 43.3 Å². The summed E-state index contributed by atoms with van der Waals surface area (Å²) in [6.45, 7) is 4.67. The Labute approximate surface area is 264 Å². The van der Waals surface area contributed by atoms with Gasteiger partial charge in [-0.25, -0.2) is 9.78 Å². The van der Waals surface area contributed by atoms with Gasteiger partial charge in [0.2, 0.25) is 11.8 Å². The molecule has 4 heterocycles. The fourth-order valence-electron chi connectivity index (χ4n) is 6.25. The van der Waals surface area contributed by atoms with Crippen LogP contribution in [0, 0.1) is 12.3 Å². The van der Waals surface area contributed by atoms with Crippen LogP contribution in [0.4, 0.5) is 5.69 Å². The molecule has 4 aromatic rings. The van der Waals surface area contributed by atoms with Gasteiger partial charge < -0.3 is 19.9 Å². The first-order chi connectivity index (χ1) is 21.5. The van der Waals surface area contributed by atoms with Crippen molar-refractivity contribution in [3.8, 4) is 28.3 Å². The van der Waals surface area contributed by atoms with Gasteiger partial charge in [0.15, 0.2) is 0 Å². The number of carbonyl (C=O) groups is 2. The van der Waals surface area contributed by atoms with Crippen molar-refractivity contribution in [3.05, 3.63) is 97.3 Å². The molecule has 0 bridgehead atoms. The lowest BCUT2D eigenvalue weighted by molar-refractivity contribution is -0.137. The number of benzene rings is 2. The van der Waals surface area contributed by atoms with E-state index in [1.165, 1.54) is 24.9 Å². The molecular weight excluding hydrogens is 596 g/mol. The topological polar surface area (TPSA) is 128 Å². The molecule has 0 aliphatic carbocycles. The van der Waals surface area contributed by atoms with Gasteiger partial charge in [-0.1, -0.05) is 48.0 Å². The molecule has 0 saturated carbocycles. The number of nitrogens with one attached hydrogen (secondary N) is 2. The molecule has 0 radical (unpaired) electrons. The van der Waals surface area contributed by atoms with Crippen LogP contribution in [0.25, 0.3) is 22.4 Å². The monoisotopic (exact) mass is 628 g/mol. The zero-order valence-corrected chi connectivity index (χ0v) is 26.2. The predicted molar refractivity (Wildman–Crippen MR) is 172 cm³/mol. The van der Waals surface area contributed by atoms with E-state index in [2.05, 4.69) is 15.5 Å². The normalized spacial score (nSPS) is 15.5. The number of aromatic nitrogens is 3. The fraction of sp³-hybridized carbons (Fsp3) is 0.303. The molecule has 11 nitrogen and oxygen atoms in total. The molecule has 1 spiro atoms. The zero-order chi connectivity index (χ0) is 32.0. The summed E-state index contributed by atoms with van der Waals surface area (Å²) in [7, 11) is 4.40. The van der Waals surface area contributed by atoms with Gasteiger partial charge in [-0.3, -0.25) is 23.9 Å². The van der Waals surface area contributed by atoms with Crippen LogP contribution >= 0.6 is 11.6 Å². The van der Waals surface area contributed by atoms with Crippen molar-refractivity contribution < 1.29 is 14.3 Å². The SMILES string of the molecule is COc1nc(-c2cccc(-c3cccc(NC(=O)c4cn(C)c(=O)n(C)c4=O)c3C)c2Cl)ccc1CN1CC2(CCNC2=O)C1. The van der Waals surface area contributed by atoms with Gasteiger partial charge in [0.05, 0.1) is 23.2 Å². The number of hydrogen-bond donors (Lipinski definition) is 2. The maximum atomic E-state index is 13.1. The second-order valence-electron chi connectivity index (χ2n) is 11.7. The molecule has 2 aromatic heterocycles. The number of halogens is 1. The summed E-state index contributed by atoms with van der Waals surface area (Å²) in [5.74, 6) is 0.0192. The second-order valence-corrected chi connectivity index (χ2v) is 12.1. The van der Waals surface area contributed by atoms with Crippen molar-refractivity contribution >= 4 is 29.1 Å². The third-order valence-electron chi connectivity index (χ3n) is 8.79. The third-order valence-corrected chi connectivity index (χ3v) is 9.19. The predicted octanol–water partition coefficient (Wildman–Crippen LogP) is 3.36. The Balaban J connectivity index is 1.26. The first kappa shape index (κ1) is 30.3. The van der Waals surface area contributed by atoms with Crippen molar-refractivity contribution in [1.29, 1.82) is 0 Å². The lowest BCUT2D eigenvalue weighted by Gasteiger charge is -2.46. The van der Waals surface area contributed by atoms with Gasteiger partial charge in [0.25, 0.3) is 11.5 Å². The van der Waals surface area contributed by atoms with E-state index in [0.717, 1.165) is 52.9 Å². The summed E-state index contributed by atoms with van der Waals surface area (Å²) in [6.07, 6.45) is 2.11. The van der Waals surface area contributed by atoms with Crippen LogP contribution in [-0.4, -0.2) is 57.6 Å². The van der Waals surface area contributed by atoms with E-state index >= 15 is 0 Å². The maximum absolute atomic E-state index is 13.1. The number of carbonyl (C=O) groups excluding carboxylic acids is 2. The average Bonchev–Trinajstić information content (AvgIpc) is 3.40. The number of aryl methyl sites for hydroxylation is 1. The molecule has 0 atom stereocenters. The van der Waals surface area contributed by atoms with Gasteiger partial charge in [-0.05, 0) is 36.6 Å². The molecule has 2 aliphatic rings. The van der Waals surface area contributed by atoms with Crippen LogP contribution < -0.4 is 26.6 Å². The summed E-state index contributed by atoms with van der Waals surface area (Å²) in [5.41, 5.74) is 3.46. The molecule has 2 N–H and O–H groups in total.